The molecule has 0 aliphatic rings. The standard InChI is InChI=1S/C16H37N5O/c1-13(17-2)11-14(18-3)12-20-15(16(22)19-4)9-7-8-10-21(5)6/h13-15,17-18,20H,7-12H2,1-6H3,(H,19,22)/t13?,14?,15-/m0/s1. The fraction of sp³-hybridized carbons (Fsp3) is 0.938. The summed E-state index contributed by atoms with van der Waals surface area (Å²) < 4.78 is 0. The lowest BCUT2D eigenvalue weighted by Gasteiger charge is -2.24. The number of hydrogen-bond acceptors (Lipinski definition) is 5. The molecule has 6 nitrogen and oxygen atoms in total. The van der Waals surface area contributed by atoms with Crippen LogP contribution in [-0.4, -0.2) is 77.3 Å². The first-order valence-electron chi connectivity index (χ1n) is 8.38. The van der Waals surface area contributed by atoms with E-state index in [4.69, 9.17) is 0 Å². The van der Waals surface area contributed by atoms with Crippen molar-refractivity contribution < 1.29 is 4.79 Å². The van der Waals surface area contributed by atoms with Crippen LogP contribution in [0.3, 0.4) is 0 Å². The van der Waals surface area contributed by atoms with Crippen molar-refractivity contribution in [1.29, 1.82) is 0 Å². The molecule has 2 unspecified atom stereocenters. The van der Waals surface area contributed by atoms with Crippen molar-refractivity contribution >= 4 is 5.91 Å². The number of unbranched alkanes of at least 4 members (excludes halogenated alkanes) is 1. The normalized spacial score (nSPS) is 15.6. The zero-order valence-electron chi connectivity index (χ0n) is 15.3. The summed E-state index contributed by atoms with van der Waals surface area (Å²) in [6.45, 7) is 4.04. The van der Waals surface area contributed by atoms with E-state index in [9.17, 15) is 4.79 Å². The highest BCUT2D eigenvalue weighted by atomic mass is 16.2. The van der Waals surface area contributed by atoms with Crippen LogP contribution in [0.25, 0.3) is 0 Å². The average molecular weight is 316 g/mol. The van der Waals surface area contributed by atoms with Gasteiger partial charge < -0.3 is 26.2 Å². The summed E-state index contributed by atoms with van der Waals surface area (Å²) in [6.07, 6.45) is 4.08. The number of carbonyl (C=O) groups excluding carboxylic acids is 1. The van der Waals surface area contributed by atoms with Crippen molar-refractivity contribution in [2.75, 3.05) is 48.3 Å². The predicted octanol–water partition coefficient (Wildman–Crippen LogP) is 0.00850. The Hall–Kier alpha value is -0.690. The Morgan fingerprint density at radius 3 is 2.27 bits per heavy atom. The number of nitrogens with one attached hydrogen (secondary N) is 4. The molecule has 22 heavy (non-hydrogen) atoms. The topological polar surface area (TPSA) is 68.4 Å². The lowest BCUT2D eigenvalue weighted by molar-refractivity contribution is -0.122. The number of rotatable bonds is 13. The minimum atomic E-state index is -0.104. The fourth-order valence-electron chi connectivity index (χ4n) is 2.41. The van der Waals surface area contributed by atoms with Crippen LogP contribution in [0.4, 0.5) is 0 Å². The maximum Gasteiger partial charge on any atom is 0.236 e. The van der Waals surface area contributed by atoms with E-state index in [-0.39, 0.29) is 11.9 Å². The van der Waals surface area contributed by atoms with E-state index in [1.165, 1.54) is 0 Å². The molecule has 0 aromatic rings. The third-order valence-electron chi connectivity index (χ3n) is 4.06. The molecular formula is C16H37N5O. The molecule has 0 aliphatic heterocycles. The zero-order chi connectivity index (χ0) is 17.0. The highest BCUT2D eigenvalue weighted by Crippen LogP contribution is 2.04. The van der Waals surface area contributed by atoms with Crippen molar-refractivity contribution in [3.63, 3.8) is 0 Å². The molecule has 0 saturated heterocycles. The van der Waals surface area contributed by atoms with Crippen LogP contribution in [0.5, 0.6) is 0 Å². The number of likely N-dealkylation sites (N-methyl/N-ethyl adjacent to an activating group) is 2. The van der Waals surface area contributed by atoms with Crippen LogP contribution < -0.4 is 21.3 Å². The molecule has 132 valence electrons. The first-order valence-corrected chi connectivity index (χ1v) is 8.38. The Bertz CT molecular complexity index is 286. The smallest absolute Gasteiger partial charge is 0.236 e. The summed E-state index contributed by atoms with van der Waals surface area (Å²) in [5.74, 6) is 0.0846. The minimum absolute atomic E-state index is 0.0846. The van der Waals surface area contributed by atoms with Gasteiger partial charge in [0.25, 0.3) is 0 Å². The molecule has 0 saturated carbocycles. The van der Waals surface area contributed by atoms with Gasteiger partial charge in [0.15, 0.2) is 0 Å². The SMILES string of the molecule is CNC(=O)[C@H](CCCCN(C)C)NCC(CC(C)NC)NC. The van der Waals surface area contributed by atoms with Crippen LogP contribution in [0, 0.1) is 0 Å². The maximum atomic E-state index is 12.0. The summed E-state index contributed by atoms with van der Waals surface area (Å²) in [4.78, 5) is 14.2. The lowest BCUT2D eigenvalue weighted by Crippen LogP contribution is -2.49. The number of nitrogens with zero attached hydrogens (tertiary/aromatic N) is 1. The van der Waals surface area contributed by atoms with E-state index in [2.05, 4.69) is 47.2 Å². The second-order valence-electron chi connectivity index (χ2n) is 6.29. The van der Waals surface area contributed by atoms with Gasteiger partial charge >= 0.3 is 0 Å². The van der Waals surface area contributed by atoms with Gasteiger partial charge in [-0.3, -0.25) is 4.79 Å². The molecule has 6 heteroatoms. The third-order valence-corrected chi connectivity index (χ3v) is 4.06. The monoisotopic (exact) mass is 315 g/mol. The van der Waals surface area contributed by atoms with Crippen molar-refractivity contribution in [3.8, 4) is 0 Å². The van der Waals surface area contributed by atoms with E-state index in [1.807, 2.05) is 14.1 Å². The van der Waals surface area contributed by atoms with Gasteiger partial charge in [-0.25, -0.2) is 0 Å². The molecule has 1 amide bonds. The van der Waals surface area contributed by atoms with Crippen LogP contribution >= 0.6 is 0 Å². The summed E-state index contributed by atoms with van der Waals surface area (Å²) in [5.41, 5.74) is 0. The number of amides is 1. The fourth-order valence-corrected chi connectivity index (χ4v) is 2.41. The zero-order valence-corrected chi connectivity index (χ0v) is 15.3. The van der Waals surface area contributed by atoms with Gasteiger partial charge in [0.05, 0.1) is 6.04 Å². The molecule has 4 N–H and O–H groups in total. The predicted molar refractivity (Wildman–Crippen MR) is 94.2 cm³/mol. The van der Waals surface area contributed by atoms with Crippen LogP contribution in [0.15, 0.2) is 0 Å². The quantitative estimate of drug-likeness (QED) is 0.361. The van der Waals surface area contributed by atoms with E-state index >= 15 is 0 Å². The number of hydrogen-bond donors (Lipinski definition) is 4. The van der Waals surface area contributed by atoms with Gasteiger partial charge in [0, 0.05) is 25.7 Å². The van der Waals surface area contributed by atoms with Crippen LogP contribution in [-0.2, 0) is 4.79 Å². The first-order chi connectivity index (χ1) is 10.4. The van der Waals surface area contributed by atoms with Crippen molar-refractivity contribution in [2.45, 2.75) is 50.7 Å². The lowest BCUT2D eigenvalue weighted by atomic mass is 10.1. The number of carbonyl (C=O) groups is 1. The molecule has 0 heterocycles. The second kappa shape index (κ2) is 12.8. The van der Waals surface area contributed by atoms with E-state index in [0.29, 0.717) is 12.1 Å². The van der Waals surface area contributed by atoms with Gasteiger partial charge in [0.1, 0.15) is 0 Å². The molecule has 0 fully saturated rings. The molecule has 0 aromatic heterocycles. The molecule has 0 radical (unpaired) electrons. The minimum Gasteiger partial charge on any atom is -0.358 e. The highest BCUT2D eigenvalue weighted by Gasteiger charge is 2.18. The molecule has 0 rings (SSSR count). The Balaban J connectivity index is 4.24. The average Bonchev–Trinajstić information content (AvgIpc) is 2.51. The van der Waals surface area contributed by atoms with E-state index < -0.39 is 0 Å². The Morgan fingerprint density at radius 2 is 1.77 bits per heavy atom. The van der Waals surface area contributed by atoms with Gasteiger partial charge in [-0.05, 0) is 60.9 Å². The van der Waals surface area contributed by atoms with Crippen LogP contribution in [0.2, 0.25) is 0 Å². The second-order valence-corrected chi connectivity index (χ2v) is 6.29. The first kappa shape index (κ1) is 21.3. The van der Waals surface area contributed by atoms with Gasteiger partial charge in [-0.1, -0.05) is 6.42 Å². The van der Waals surface area contributed by atoms with Gasteiger partial charge in [0.2, 0.25) is 5.91 Å². The molecule has 0 aromatic carbocycles. The summed E-state index contributed by atoms with van der Waals surface area (Å²) in [5, 5.41) is 12.8. The van der Waals surface area contributed by atoms with Crippen LogP contribution in [0.1, 0.15) is 32.6 Å². The molecule has 0 aliphatic carbocycles. The van der Waals surface area contributed by atoms with Crippen molar-refractivity contribution in [2.24, 2.45) is 0 Å². The van der Waals surface area contributed by atoms with Gasteiger partial charge in [-0.15, -0.1) is 0 Å². The van der Waals surface area contributed by atoms with Crippen molar-refractivity contribution in [3.05, 3.63) is 0 Å². The molecule has 0 bridgehead atoms. The van der Waals surface area contributed by atoms with Crippen molar-refractivity contribution in [1.82, 2.24) is 26.2 Å². The maximum absolute atomic E-state index is 12.0. The van der Waals surface area contributed by atoms with E-state index in [1.54, 1.807) is 7.05 Å². The molecule has 3 atom stereocenters. The van der Waals surface area contributed by atoms with Gasteiger partial charge in [-0.2, -0.15) is 0 Å². The summed E-state index contributed by atoms with van der Waals surface area (Å²) in [6, 6.07) is 0.710. The van der Waals surface area contributed by atoms with E-state index in [0.717, 1.165) is 38.8 Å². The largest absolute Gasteiger partial charge is 0.358 e. The molecular weight excluding hydrogens is 278 g/mol. The summed E-state index contributed by atoms with van der Waals surface area (Å²) in [7, 11) is 9.81. The highest BCUT2D eigenvalue weighted by molar-refractivity contribution is 5.81. The summed E-state index contributed by atoms with van der Waals surface area (Å²) >= 11 is 0. The molecule has 0 spiro atoms. The third kappa shape index (κ3) is 10.1. The Kier molecular flexibility index (Phi) is 12.4. The Morgan fingerprint density at radius 1 is 1.09 bits per heavy atom. The Labute approximate surface area is 136 Å².